The van der Waals surface area contributed by atoms with E-state index in [0.29, 0.717) is 25.9 Å². The van der Waals surface area contributed by atoms with Crippen molar-refractivity contribution < 1.29 is 27.9 Å². The van der Waals surface area contributed by atoms with Gasteiger partial charge in [-0.1, -0.05) is 24.3 Å². The molecule has 4 rings (SSSR count). The van der Waals surface area contributed by atoms with Crippen LogP contribution in [-0.4, -0.2) is 79.4 Å². The van der Waals surface area contributed by atoms with Gasteiger partial charge in [-0.15, -0.1) is 0 Å². The average molecular weight is 557 g/mol. The largest absolute Gasteiger partial charge is 0.374 e. The lowest BCUT2D eigenvalue weighted by Gasteiger charge is -2.43. The maximum absolute atomic E-state index is 13.9. The molecule has 2 aromatic rings. The van der Waals surface area contributed by atoms with Crippen LogP contribution in [0.1, 0.15) is 43.7 Å². The second-order valence-corrected chi connectivity index (χ2v) is 11.4. The van der Waals surface area contributed by atoms with Crippen LogP contribution in [0.2, 0.25) is 0 Å². The van der Waals surface area contributed by atoms with E-state index in [1.165, 1.54) is 24.3 Å². The minimum absolute atomic E-state index is 0.0382. The van der Waals surface area contributed by atoms with Crippen LogP contribution in [-0.2, 0) is 25.7 Å². The van der Waals surface area contributed by atoms with Crippen LogP contribution in [0.5, 0.6) is 0 Å². The monoisotopic (exact) mass is 556 g/mol. The molecule has 2 unspecified atom stereocenters. The molecule has 3 amide bonds. The smallest absolute Gasteiger partial charge is 0.247 e. The Hall–Kier alpha value is -3.37. The van der Waals surface area contributed by atoms with E-state index >= 15 is 0 Å². The van der Waals surface area contributed by atoms with Crippen molar-refractivity contribution in [1.29, 1.82) is 0 Å². The third-order valence-electron chi connectivity index (χ3n) is 8.27. The predicted molar refractivity (Wildman–Crippen MR) is 146 cm³/mol. The lowest BCUT2D eigenvalue weighted by Crippen LogP contribution is -2.60. The molecule has 2 saturated heterocycles. The fraction of sp³-hybridized carbons (Fsp3) is 0.500. The van der Waals surface area contributed by atoms with E-state index in [2.05, 4.69) is 10.6 Å². The summed E-state index contributed by atoms with van der Waals surface area (Å²) in [6.45, 7) is 4.56. The van der Waals surface area contributed by atoms with Gasteiger partial charge in [0.05, 0.1) is 24.2 Å². The second kappa shape index (κ2) is 12.0. The van der Waals surface area contributed by atoms with E-state index in [4.69, 9.17) is 4.74 Å². The minimum Gasteiger partial charge on any atom is -0.374 e. The van der Waals surface area contributed by atoms with Crippen LogP contribution in [0.3, 0.4) is 0 Å². The van der Waals surface area contributed by atoms with E-state index in [1.807, 2.05) is 0 Å². The third kappa shape index (κ3) is 6.18. The van der Waals surface area contributed by atoms with Gasteiger partial charge >= 0.3 is 0 Å². The molecule has 2 N–H and O–H groups in total. The molecule has 2 aliphatic rings. The van der Waals surface area contributed by atoms with Crippen LogP contribution in [0, 0.1) is 17.0 Å². The fourth-order valence-corrected chi connectivity index (χ4v) is 5.63. The SMILES string of the molecule is CNC(C)(C)C(=O)N[C@H](COCc1ccc(F)cc1)C(=O)N1CCCC2(C1)C(=O)N(C)CC2c1ccc(F)cc1. The standard InChI is InChI=1S/C30H38F2N4O4/c1-29(2,33-3)27(38)34-25(18-40-17-20-6-10-22(31)11-7-20)26(37)36-15-5-14-30(19-36)24(16-35(4)28(30)39)21-8-12-23(32)13-9-21/h6-13,24-25,33H,5,14-19H2,1-4H3,(H,34,38)/t24?,25-,30?/m1/s1. The summed E-state index contributed by atoms with van der Waals surface area (Å²) >= 11 is 0. The van der Waals surface area contributed by atoms with Gasteiger partial charge in [-0.2, -0.15) is 0 Å². The van der Waals surface area contributed by atoms with Crippen molar-refractivity contribution in [2.24, 2.45) is 5.41 Å². The highest BCUT2D eigenvalue weighted by Gasteiger charge is 2.56. The van der Waals surface area contributed by atoms with E-state index in [0.717, 1.165) is 11.1 Å². The number of nitrogens with zero attached hydrogens (tertiary/aromatic N) is 2. The summed E-state index contributed by atoms with van der Waals surface area (Å²) < 4.78 is 32.8. The number of piperidine rings is 1. The number of likely N-dealkylation sites (N-methyl/N-ethyl adjacent to an activating group) is 2. The van der Waals surface area contributed by atoms with Gasteiger partial charge in [0, 0.05) is 32.6 Å². The normalized spacial score (nSPS) is 22.1. The topological polar surface area (TPSA) is 91.0 Å². The average Bonchev–Trinajstić information content (AvgIpc) is 3.18. The van der Waals surface area contributed by atoms with Gasteiger partial charge in [0.15, 0.2) is 0 Å². The van der Waals surface area contributed by atoms with Gasteiger partial charge < -0.3 is 25.2 Å². The molecule has 10 heteroatoms. The number of ether oxygens (including phenoxy) is 1. The Bertz CT molecular complexity index is 1220. The third-order valence-corrected chi connectivity index (χ3v) is 8.27. The highest BCUT2D eigenvalue weighted by molar-refractivity contribution is 5.93. The lowest BCUT2D eigenvalue weighted by molar-refractivity contribution is -0.147. The molecule has 2 heterocycles. The first-order valence-electron chi connectivity index (χ1n) is 13.6. The van der Waals surface area contributed by atoms with Crippen molar-refractivity contribution in [2.45, 2.75) is 50.8 Å². The Balaban J connectivity index is 1.55. The lowest BCUT2D eigenvalue weighted by atomic mass is 9.69. The number of rotatable bonds is 9. The zero-order valence-corrected chi connectivity index (χ0v) is 23.5. The van der Waals surface area contributed by atoms with E-state index in [1.54, 1.807) is 62.0 Å². The molecule has 0 aliphatic carbocycles. The molecule has 3 atom stereocenters. The zero-order chi connectivity index (χ0) is 29.1. The van der Waals surface area contributed by atoms with Crippen LogP contribution in [0.25, 0.3) is 0 Å². The number of halogens is 2. The van der Waals surface area contributed by atoms with Gasteiger partial charge in [-0.3, -0.25) is 14.4 Å². The highest BCUT2D eigenvalue weighted by atomic mass is 19.1. The molecule has 2 fully saturated rings. The Morgan fingerprint density at radius 3 is 2.35 bits per heavy atom. The van der Waals surface area contributed by atoms with Crippen molar-refractivity contribution in [3.05, 3.63) is 71.3 Å². The fourth-order valence-electron chi connectivity index (χ4n) is 5.63. The predicted octanol–water partition coefficient (Wildman–Crippen LogP) is 2.83. The van der Waals surface area contributed by atoms with E-state index in [9.17, 15) is 23.2 Å². The number of amides is 3. The Morgan fingerprint density at radius 1 is 1.10 bits per heavy atom. The van der Waals surface area contributed by atoms with Crippen LogP contribution in [0.4, 0.5) is 8.78 Å². The van der Waals surface area contributed by atoms with Gasteiger partial charge in [-0.25, -0.2) is 8.78 Å². The maximum Gasteiger partial charge on any atom is 0.247 e. The molecule has 0 radical (unpaired) electrons. The number of likely N-dealkylation sites (tertiary alicyclic amines) is 2. The number of carbonyl (C=O) groups excluding carboxylic acids is 3. The molecular formula is C30H38F2N4O4. The molecular weight excluding hydrogens is 518 g/mol. The molecule has 40 heavy (non-hydrogen) atoms. The Kier molecular flexibility index (Phi) is 8.90. The summed E-state index contributed by atoms with van der Waals surface area (Å²) in [5.41, 5.74) is -0.185. The molecule has 216 valence electrons. The molecule has 1 spiro atoms. The first-order chi connectivity index (χ1) is 19.0. The van der Waals surface area contributed by atoms with Crippen molar-refractivity contribution in [3.8, 4) is 0 Å². The van der Waals surface area contributed by atoms with Crippen LogP contribution >= 0.6 is 0 Å². The van der Waals surface area contributed by atoms with E-state index in [-0.39, 0.29) is 55.0 Å². The Morgan fingerprint density at radius 2 is 1.73 bits per heavy atom. The first-order valence-corrected chi connectivity index (χ1v) is 13.6. The molecule has 8 nitrogen and oxygen atoms in total. The molecule has 2 aromatic carbocycles. The summed E-state index contributed by atoms with van der Waals surface area (Å²) in [5, 5.41) is 5.77. The number of hydrogen-bond donors (Lipinski definition) is 2. The zero-order valence-electron chi connectivity index (χ0n) is 23.5. The number of hydrogen-bond acceptors (Lipinski definition) is 5. The van der Waals surface area contributed by atoms with Crippen molar-refractivity contribution >= 4 is 17.7 Å². The minimum atomic E-state index is -0.991. The second-order valence-electron chi connectivity index (χ2n) is 11.4. The maximum atomic E-state index is 13.9. The number of nitrogens with one attached hydrogen (secondary N) is 2. The summed E-state index contributed by atoms with van der Waals surface area (Å²) in [5.74, 6) is -1.65. The summed E-state index contributed by atoms with van der Waals surface area (Å²) in [6.07, 6.45) is 1.22. The van der Waals surface area contributed by atoms with Gasteiger partial charge in [0.2, 0.25) is 17.7 Å². The van der Waals surface area contributed by atoms with E-state index < -0.39 is 17.0 Å². The highest BCUT2D eigenvalue weighted by Crippen LogP contribution is 2.49. The van der Waals surface area contributed by atoms with Gasteiger partial charge in [0.1, 0.15) is 17.7 Å². The summed E-state index contributed by atoms with van der Waals surface area (Å²) in [7, 11) is 3.41. The molecule has 2 aliphatic heterocycles. The van der Waals surface area contributed by atoms with Crippen molar-refractivity contribution in [1.82, 2.24) is 20.4 Å². The molecule has 0 aromatic heterocycles. The number of carbonyl (C=O) groups is 3. The van der Waals surface area contributed by atoms with Crippen LogP contribution in [0.15, 0.2) is 48.5 Å². The van der Waals surface area contributed by atoms with Crippen molar-refractivity contribution in [2.75, 3.05) is 40.3 Å². The summed E-state index contributed by atoms with van der Waals surface area (Å²) in [6, 6.07) is 11.1. The number of benzene rings is 2. The van der Waals surface area contributed by atoms with Gasteiger partial charge in [-0.05, 0) is 69.1 Å². The Labute approximate surface area is 234 Å². The summed E-state index contributed by atoms with van der Waals surface area (Å²) in [4.78, 5) is 43.9. The molecule has 0 bridgehead atoms. The van der Waals surface area contributed by atoms with Gasteiger partial charge in [0.25, 0.3) is 0 Å². The van der Waals surface area contributed by atoms with Crippen molar-refractivity contribution in [3.63, 3.8) is 0 Å². The first kappa shape index (κ1) is 29.6. The molecule has 0 saturated carbocycles. The quantitative estimate of drug-likeness (QED) is 0.496. The van der Waals surface area contributed by atoms with Crippen LogP contribution < -0.4 is 10.6 Å².